The number of rotatable bonds is 24. The van der Waals surface area contributed by atoms with Crippen LogP contribution in [0.2, 0.25) is 0 Å². The SMILES string of the molecule is Cl.SCCSC(CS)CSCC(CS)SCCS.[Cl-].[Na+].[Na+].[Na+].[Na+].[Na+].[S-]CCSC(C[S-])CSCC(C[S-])SCC[S-]. The topological polar surface area (TPSA) is 0 Å². The maximum absolute atomic E-state index is 5.16. The van der Waals surface area contributed by atoms with Gasteiger partial charge in [-0.15, -0.1) is 12.4 Å². The molecule has 4 unspecified atom stereocenters. The largest absolute Gasteiger partial charge is 1.00 e. The molecule has 0 amide bonds. The fourth-order valence-electron chi connectivity index (χ4n) is 2.13. The summed E-state index contributed by atoms with van der Waals surface area (Å²) in [5, 5.41) is 2.47. The molecule has 21 heteroatoms. The second-order valence-corrected chi connectivity index (χ2v) is 17.5. The zero-order valence-corrected chi connectivity index (χ0v) is 48.6. The second kappa shape index (κ2) is 62.5. The summed E-state index contributed by atoms with van der Waals surface area (Å²) in [5.74, 6) is 16.1. The molecule has 0 heterocycles. The van der Waals surface area contributed by atoms with Crippen molar-refractivity contribution in [1.82, 2.24) is 0 Å². The van der Waals surface area contributed by atoms with Crippen LogP contribution in [-0.4, -0.2) is 113 Å². The zero-order chi connectivity index (χ0) is 25.9. The Bertz CT molecular complexity index is 346. The maximum Gasteiger partial charge on any atom is 1.00 e. The van der Waals surface area contributed by atoms with Gasteiger partial charge >= 0.3 is 148 Å². The quantitative estimate of drug-likeness (QED) is 0.0418. The van der Waals surface area contributed by atoms with Gasteiger partial charge in [-0.2, -0.15) is 144 Å². The zero-order valence-electron chi connectivity index (χ0n) is 25.3. The molecule has 0 aliphatic heterocycles. The minimum atomic E-state index is 0. The number of hydrogen-bond acceptors (Lipinski definition) is 14. The molecule has 0 bridgehead atoms. The van der Waals surface area contributed by atoms with E-state index in [1.54, 1.807) is 0 Å². The molecule has 0 aliphatic rings. The Labute approximate surface area is 447 Å². The summed E-state index contributed by atoms with van der Waals surface area (Å²) in [5.41, 5.74) is 0. The van der Waals surface area contributed by atoms with Gasteiger partial charge in [-0.25, -0.2) is 0 Å². The van der Waals surface area contributed by atoms with Crippen molar-refractivity contribution >= 4 is 184 Å². The van der Waals surface area contributed by atoms with Gasteiger partial charge in [0.15, 0.2) is 0 Å². The number of thiol groups is 4. The molecule has 0 saturated heterocycles. The van der Waals surface area contributed by atoms with Crippen LogP contribution < -0.4 is 160 Å². The molecule has 0 radical (unpaired) electrons. The molecule has 0 aromatic heterocycles. The molecule has 0 rings (SSSR count). The van der Waals surface area contributed by atoms with E-state index >= 15 is 0 Å². The van der Waals surface area contributed by atoms with E-state index in [4.69, 9.17) is 50.5 Å². The third-order valence-corrected chi connectivity index (χ3v) is 16.7. The predicted octanol–water partition coefficient (Wildman–Crippen LogP) is -11.8. The van der Waals surface area contributed by atoms with Gasteiger partial charge in [-0.3, -0.25) is 0 Å². The number of thioether (sulfide) groups is 6. The van der Waals surface area contributed by atoms with Gasteiger partial charge in [0, 0.05) is 56.5 Å². The van der Waals surface area contributed by atoms with Gasteiger partial charge in [-0.1, -0.05) is 0 Å². The first-order chi connectivity index (χ1) is 16.6. The summed E-state index contributed by atoms with van der Waals surface area (Å²) in [6, 6.07) is 0. The van der Waals surface area contributed by atoms with E-state index in [1.165, 1.54) is 11.5 Å². The van der Waals surface area contributed by atoms with Crippen molar-refractivity contribution < 1.29 is 160 Å². The summed E-state index contributed by atoms with van der Waals surface area (Å²) in [7, 11) is 0. The van der Waals surface area contributed by atoms with Crippen molar-refractivity contribution in [3.63, 3.8) is 0 Å². The third-order valence-electron chi connectivity index (χ3n) is 3.76. The summed E-state index contributed by atoms with van der Waals surface area (Å²) in [6.45, 7) is 0. The minimum absolute atomic E-state index is 0. The summed E-state index contributed by atoms with van der Waals surface area (Å²) in [6.07, 6.45) is 0. The Kier molecular flexibility index (Phi) is 111. The van der Waals surface area contributed by atoms with Crippen LogP contribution in [0, 0.1) is 0 Å². The van der Waals surface area contributed by atoms with Crippen LogP contribution in [-0.2, 0) is 50.5 Å². The van der Waals surface area contributed by atoms with E-state index in [2.05, 4.69) is 50.5 Å². The Morgan fingerprint density at radius 1 is 0.463 bits per heavy atom. The van der Waals surface area contributed by atoms with Crippen molar-refractivity contribution in [3.05, 3.63) is 0 Å². The average Bonchev–Trinajstić information content (AvgIpc) is 2.87. The van der Waals surface area contributed by atoms with Crippen LogP contribution >= 0.6 is 133 Å². The van der Waals surface area contributed by atoms with Crippen LogP contribution in [0.15, 0.2) is 0 Å². The molecule has 0 aliphatic carbocycles. The fraction of sp³-hybridized carbons (Fsp3) is 1.00. The summed E-state index contributed by atoms with van der Waals surface area (Å²) in [4.78, 5) is 0. The average molecular weight is 916 g/mol. The molecular formula is C20H41Cl2Na5S14. The Morgan fingerprint density at radius 2 is 0.732 bits per heavy atom. The molecule has 4 atom stereocenters. The van der Waals surface area contributed by atoms with Crippen LogP contribution in [0.5, 0.6) is 0 Å². The van der Waals surface area contributed by atoms with Crippen LogP contribution in [0.3, 0.4) is 0 Å². The molecule has 0 spiro atoms. The molecule has 0 fully saturated rings. The van der Waals surface area contributed by atoms with Gasteiger partial charge in [0.2, 0.25) is 0 Å². The molecule has 0 nitrogen and oxygen atoms in total. The van der Waals surface area contributed by atoms with Gasteiger partial charge in [0.1, 0.15) is 0 Å². The van der Waals surface area contributed by atoms with Crippen molar-refractivity contribution in [1.29, 1.82) is 0 Å². The van der Waals surface area contributed by atoms with Gasteiger partial charge in [-0.05, 0) is 33.5 Å². The van der Waals surface area contributed by atoms with Crippen molar-refractivity contribution in [2.45, 2.75) is 21.0 Å². The Balaban J connectivity index is -0.0000000610. The molecule has 0 N–H and O–H groups in total. The molecular weight excluding hydrogens is 875 g/mol. The van der Waals surface area contributed by atoms with E-state index in [1.807, 2.05) is 70.6 Å². The molecule has 0 aromatic rings. The maximum atomic E-state index is 5.16. The van der Waals surface area contributed by atoms with Crippen molar-refractivity contribution in [3.8, 4) is 0 Å². The summed E-state index contributed by atoms with van der Waals surface area (Å²) >= 11 is 49.3. The molecule has 41 heavy (non-hydrogen) atoms. The van der Waals surface area contributed by atoms with Crippen LogP contribution in [0.1, 0.15) is 0 Å². The second-order valence-electron chi connectivity index (χ2n) is 6.60. The standard InChI is InChI=1S/2C10H22S7.2ClH.5Na/c2*11-1-3-16-9(5-13)7-15-8-10(6-14)17-4-2-12;;;;;;;/h2*9-14H,1-8H2;2*1H;;;;;/q;;;;5*+1/p-5. The van der Waals surface area contributed by atoms with Crippen molar-refractivity contribution in [2.24, 2.45) is 0 Å². The van der Waals surface area contributed by atoms with Crippen molar-refractivity contribution in [2.75, 3.05) is 92.0 Å². The van der Waals surface area contributed by atoms with E-state index in [0.29, 0.717) is 21.0 Å². The first-order valence-electron chi connectivity index (χ1n) is 10.9. The first-order valence-corrected chi connectivity index (χ1v) is 22.3. The smallest absolute Gasteiger partial charge is 1.00 e. The normalized spacial score (nSPS) is 12.3. The third kappa shape index (κ3) is 54.9. The van der Waals surface area contributed by atoms with Crippen LogP contribution in [0.25, 0.3) is 0 Å². The van der Waals surface area contributed by atoms with Gasteiger partial charge < -0.3 is 62.9 Å². The van der Waals surface area contributed by atoms with Gasteiger partial charge in [0.25, 0.3) is 0 Å². The van der Waals surface area contributed by atoms with Crippen LogP contribution in [0.4, 0.5) is 0 Å². The minimum Gasteiger partial charge on any atom is -1.00 e. The Morgan fingerprint density at radius 3 is 0.951 bits per heavy atom. The molecule has 0 saturated carbocycles. The van der Waals surface area contributed by atoms with E-state index < -0.39 is 0 Å². The van der Waals surface area contributed by atoms with E-state index in [-0.39, 0.29) is 173 Å². The van der Waals surface area contributed by atoms with E-state index in [9.17, 15) is 0 Å². The Hall–Kier alpha value is 10.5. The summed E-state index contributed by atoms with van der Waals surface area (Å²) < 4.78 is 0. The van der Waals surface area contributed by atoms with Gasteiger partial charge in [0.05, 0.1) is 0 Å². The number of hydrogen-bond donors (Lipinski definition) is 4. The number of halogens is 2. The monoisotopic (exact) mass is 914 g/mol. The first kappa shape index (κ1) is 72.7. The molecule has 0 aromatic carbocycles. The van der Waals surface area contributed by atoms with E-state index in [0.717, 1.165) is 80.5 Å². The predicted molar refractivity (Wildman–Crippen MR) is 211 cm³/mol. The molecule has 224 valence electrons. The fourth-order valence-corrected chi connectivity index (χ4v) is 12.3.